The molecule has 3 N–H and O–H groups in total. The summed E-state index contributed by atoms with van der Waals surface area (Å²) in [6.45, 7) is 5.96. The lowest BCUT2D eigenvalue weighted by atomic mass is 10.0. The summed E-state index contributed by atoms with van der Waals surface area (Å²) in [6.07, 6.45) is 0.987. The SMILES string of the molecule is CC(C)(CCN)NCc1cccc(Br)c1. The average molecular weight is 271 g/mol. The van der Waals surface area contributed by atoms with E-state index in [1.807, 2.05) is 6.07 Å². The predicted molar refractivity (Wildman–Crippen MR) is 68.7 cm³/mol. The van der Waals surface area contributed by atoms with Gasteiger partial charge in [0, 0.05) is 16.6 Å². The Bertz CT molecular complexity index is 310. The van der Waals surface area contributed by atoms with E-state index in [0.717, 1.165) is 24.0 Å². The Morgan fingerprint density at radius 1 is 1.40 bits per heavy atom. The standard InChI is InChI=1S/C12H19BrN2/c1-12(2,6-7-14)15-9-10-4-3-5-11(13)8-10/h3-5,8,15H,6-7,9,14H2,1-2H3. The van der Waals surface area contributed by atoms with Crippen LogP contribution in [0, 0.1) is 0 Å². The predicted octanol–water partition coefficient (Wildman–Crippen LogP) is 2.67. The number of rotatable bonds is 5. The zero-order valence-electron chi connectivity index (χ0n) is 9.39. The van der Waals surface area contributed by atoms with E-state index in [0.29, 0.717) is 0 Å². The maximum Gasteiger partial charge on any atom is 0.0210 e. The number of benzene rings is 1. The van der Waals surface area contributed by atoms with Crippen LogP contribution in [0.1, 0.15) is 25.8 Å². The highest BCUT2D eigenvalue weighted by Gasteiger charge is 2.14. The van der Waals surface area contributed by atoms with Crippen LogP contribution in [0.2, 0.25) is 0 Å². The molecular weight excluding hydrogens is 252 g/mol. The van der Waals surface area contributed by atoms with Gasteiger partial charge in [0.2, 0.25) is 0 Å². The zero-order chi connectivity index (χ0) is 11.3. The molecule has 0 bridgehead atoms. The van der Waals surface area contributed by atoms with Crippen molar-refractivity contribution in [2.45, 2.75) is 32.4 Å². The summed E-state index contributed by atoms with van der Waals surface area (Å²) in [6, 6.07) is 8.34. The molecule has 0 aliphatic heterocycles. The van der Waals surface area contributed by atoms with Crippen LogP contribution in [0.25, 0.3) is 0 Å². The Kier molecular flexibility index (Phi) is 4.77. The van der Waals surface area contributed by atoms with Crippen LogP contribution in [-0.4, -0.2) is 12.1 Å². The highest BCUT2D eigenvalue weighted by molar-refractivity contribution is 9.10. The van der Waals surface area contributed by atoms with Gasteiger partial charge in [0.05, 0.1) is 0 Å². The van der Waals surface area contributed by atoms with Crippen LogP contribution in [0.5, 0.6) is 0 Å². The smallest absolute Gasteiger partial charge is 0.0210 e. The van der Waals surface area contributed by atoms with Crippen molar-refractivity contribution < 1.29 is 0 Å². The molecule has 1 aromatic carbocycles. The number of nitrogens with two attached hydrogens (primary N) is 1. The van der Waals surface area contributed by atoms with Gasteiger partial charge in [-0.2, -0.15) is 0 Å². The lowest BCUT2D eigenvalue weighted by Gasteiger charge is -2.25. The second-order valence-corrected chi connectivity index (χ2v) is 5.32. The van der Waals surface area contributed by atoms with E-state index in [4.69, 9.17) is 5.73 Å². The van der Waals surface area contributed by atoms with Crippen LogP contribution < -0.4 is 11.1 Å². The molecule has 1 aromatic rings. The molecule has 0 saturated heterocycles. The first-order chi connectivity index (χ1) is 7.03. The molecule has 0 radical (unpaired) electrons. The maximum absolute atomic E-state index is 5.56. The molecule has 0 heterocycles. The minimum absolute atomic E-state index is 0.108. The minimum Gasteiger partial charge on any atom is -0.330 e. The van der Waals surface area contributed by atoms with Crippen molar-refractivity contribution in [3.8, 4) is 0 Å². The van der Waals surface area contributed by atoms with Gasteiger partial charge in [-0.1, -0.05) is 28.1 Å². The monoisotopic (exact) mass is 270 g/mol. The zero-order valence-corrected chi connectivity index (χ0v) is 11.0. The average Bonchev–Trinajstić information content (AvgIpc) is 2.15. The summed E-state index contributed by atoms with van der Waals surface area (Å²) in [5.41, 5.74) is 6.95. The highest BCUT2D eigenvalue weighted by atomic mass is 79.9. The molecule has 2 nitrogen and oxygen atoms in total. The second-order valence-electron chi connectivity index (χ2n) is 4.41. The Morgan fingerprint density at radius 3 is 2.73 bits per heavy atom. The van der Waals surface area contributed by atoms with Crippen molar-refractivity contribution in [1.82, 2.24) is 5.32 Å². The van der Waals surface area contributed by atoms with Crippen LogP contribution >= 0.6 is 15.9 Å². The first-order valence-corrected chi connectivity index (χ1v) is 6.02. The fourth-order valence-electron chi connectivity index (χ4n) is 1.44. The first kappa shape index (κ1) is 12.7. The third-order valence-corrected chi connectivity index (χ3v) is 2.92. The Hall–Kier alpha value is -0.380. The molecule has 0 saturated carbocycles. The molecule has 0 aliphatic carbocycles. The van der Waals surface area contributed by atoms with Gasteiger partial charge in [-0.3, -0.25) is 0 Å². The number of hydrogen-bond acceptors (Lipinski definition) is 2. The van der Waals surface area contributed by atoms with Crippen molar-refractivity contribution in [3.05, 3.63) is 34.3 Å². The second kappa shape index (κ2) is 5.64. The first-order valence-electron chi connectivity index (χ1n) is 5.23. The summed E-state index contributed by atoms with van der Waals surface area (Å²) in [4.78, 5) is 0. The molecule has 0 aromatic heterocycles. The Balaban J connectivity index is 2.49. The molecule has 0 atom stereocenters. The molecule has 3 heteroatoms. The van der Waals surface area contributed by atoms with Crippen LogP contribution in [0.3, 0.4) is 0 Å². The molecule has 15 heavy (non-hydrogen) atoms. The van der Waals surface area contributed by atoms with Gasteiger partial charge in [0.25, 0.3) is 0 Å². The van der Waals surface area contributed by atoms with Crippen molar-refractivity contribution in [2.24, 2.45) is 5.73 Å². The van der Waals surface area contributed by atoms with Gasteiger partial charge < -0.3 is 11.1 Å². The minimum atomic E-state index is 0.108. The molecular formula is C12H19BrN2. The Morgan fingerprint density at radius 2 is 2.13 bits per heavy atom. The third-order valence-electron chi connectivity index (χ3n) is 2.43. The number of halogens is 1. The maximum atomic E-state index is 5.56. The number of nitrogens with one attached hydrogen (secondary N) is 1. The summed E-state index contributed by atoms with van der Waals surface area (Å²) in [7, 11) is 0. The van der Waals surface area contributed by atoms with E-state index in [1.165, 1.54) is 5.56 Å². The molecule has 1 rings (SSSR count). The van der Waals surface area contributed by atoms with Crippen molar-refractivity contribution >= 4 is 15.9 Å². The summed E-state index contributed by atoms with van der Waals surface area (Å²) < 4.78 is 1.12. The third kappa shape index (κ3) is 4.78. The highest BCUT2D eigenvalue weighted by Crippen LogP contribution is 2.13. The number of hydrogen-bond donors (Lipinski definition) is 2. The fraction of sp³-hybridized carbons (Fsp3) is 0.500. The summed E-state index contributed by atoms with van der Waals surface area (Å²) in [5.74, 6) is 0. The molecule has 0 spiro atoms. The van der Waals surface area contributed by atoms with Gasteiger partial charge in [-0.05, 0) is 44.5 Å². The molecule has 0 amide bonds. The molecule has 84 valence electrons. The molecule has 0 unspecified atom stereocenters. The normalized spacial score (nSPS) is 11.7. The van der Waals surface area contributed by atoms with Crippen LogP contribution in [-0.2, 0) is 6.54 Å². The van der Waals surface area contributed by atoms with Gasteiger partial charge in [-0.15, -0.1) is 0 Å². The van der Waals surface area contributed by atoms with Crippen molar-refractivity contribution in [3.63, 3.8) is 0 Å². The largest absolute Gasteiger partial charge is 0.330 e. The van der Waals surface area contributed by atoms with Gasteiger partial charge in [-0.25, -0.2) is 0 Å². The van der Waals surface area contributed by atoms with E-state index in [-0.39, 0.29) is 5.54 Å². The van der Waals surface area contributed by atoms with Crippen molar-refractivity contribution in [2.75, 3.05) is 6.54 Å². The molecule has 0 fully saturated rings. The van der Waals surface area contributed by atoms with E-state index >= 15 is 0 Å². The van der Waals surface area contributed by atoms with E-state index in [9.17, 15) is 0 Å². The molecule has 0 aliphatic rings. The lowest BCUT2D eigenvalue weighted by molar-refractivity contribution is 0.365. The van der Waals surface area contributed by atoms with Crippen LogP contribution in [0.15, 0.2) is 28.7 Å². The quantitative estimate of drug-likeness (QED) is 0.864. The topological polar surface area (TPSA) is 38.0 Å². The van der Waals surface area contributed by atoms with Crippen molar-refractivity contribution in [1.29, 1.82) is 0 Å². The fourth-order valence-corrected chi connectivity index (χ4v) is 1.88. The van der Waals surface area contributed by atoms with E-state index < -0.39 is 0 Å². The summed E-state index contributed by atoms with van der Waals surface area (Å²) in [5, 5.41) is 3.50. The van der Waals surface area contributed by atoms with E-state index in [2.05, 4.69) is 53.3 Å². The Labute approximate surface area is 100 Å². The van der Waals surface area contributed by atoms with Gasteiger partial charge in [0.15, 0.2) is 0 Å². The van der Waals surface area contributed by atoms with Gasteiger partial charge >= 0.3 is 0 Å². The summed E-state index contributed by atoms with van der Waals surface area (Å²) >= 11 is 3.47. The van der Waals surface area contributed by atoms with Crippen LogP contribution in [0.4, 0.5) is 0 Å². The van der Waals surface area contributed by atoms with Gasteiger partial charge in [0.1, 0.15) is 0 Å². The lowest BCUT2D eigenvalue weighted by Crippen LogP contribution is -2.40. The van der Waals surface area contributed by atoms with E-state index in [1.54, 1.807) is 0 Å².